The van der Waals surface area contributed by atoms with E-state index in [9.17, 15) is 0 Å². The van der Waals surface area contributed by atoms with Crippen LogP contribution in [-0.2, 0) is 9.31 Å². The zero-order chi connectivity index (χ0) is 18.1. The fourth-order valence-corrected chi connectivity index (χ4v) is 2.76. The minimum Gasteiger partial charge on any atom is -0.456 e. The fraction of sp³-hybridized carbons (Fsp3) is 0.333. The molecule has 0 bridgehead atoms. The van der Waals surface area contributed by atoms with Gasteiger partial charge in [0.2, 0.25) is 0 Å². The van der Waals surface area contributed by atoms with E-state index in [2.05, 4.69) is 0 Å². The lowest BCUT2D eigenvalue weighted by molar-refractivity contribution is 0.00578. The Bertz CT molecular complexity index is 994. The number of para-hydroxylation sites is 1. The highest BCUT2D eigenvalue weighted by atomic mass is 16.7. The van der Waals surface area contributed by atoms with Crippen LogP contribution in [0.1, 0.15) is 31.8 Å². The molecule has 0 N–H and O–H groups in total. The van der Waals surface area contributed by atoms with Gasteiger partial charge in [-0.3, -0.25) is 0 Å². The molecule has 22 heavy (non-hydrogen) atoms. The molecular formula is C18H19BO3. The predicted molar refractivity (Wildman–Crippen MR) is 89.4 cm³/mol. The molecule has 4 rings (SSSR count). The van der Waals surface area contributed by atoms with Crippen LogP contribution >= 0.6 is 0 Å². The summed E-state index contributed by atoms with van der Waals surface area (Å²) in [5.74, 6) is 0. The lowest BCUT2D eigenvalue weighted by atomic mass is 9.76. The normalized spacial score (nSPS) is 22.0. The molecular weight excluding hydrogens is 275 g/mol. The quantitative estimate of drug-likeness (QED) is 0.639. The Kier molecular flexibility index (Phi) is 2.16. The van der Waals surface area contributed by atoms with Gasteiger partial charge < -0.3 is 13.7 Å². The van der Waals surface area contributed by atoms with Gasteiger partial charge in [0.15, 0.2) is 0 Å². The highest BCUT2D eigenvalue weighted by Gasteiger charge is 2.52. The Hall–Kier alpha value is -1.78. The largest absolute Gasteiger partial charge is 0.495 e. The Morgan fingerprint density at radius 2 is 1.68 bits per heavy atom. The average molecular weight is 297 g/mol. The number of fused-ring (bicyclic) bond motifs is 3. The van der Waals surface area contributed by atoms with E-state index < -0.39 is 18.3 Å². The van der Waals surface area contributed by atoms with Crippen LogP contribution in [0.2, 0.25) is 0 Å². The minimum atomic E-state index is -0.703. The summed E-state index contributed by atoms with van der Waals surface area (Å²) < 4.78 is 42.5. The number of furan rings is 1. The third kappa shape index (κ3) is 1.84. The predicted octanol–water partition coefficient (Wildman–Crippen LogP) is 3.89. The van der Waals surface area contributed by atoms with Crippen LogP contribution < -0.4 is 5.46 Å². The van der Waals surface area contributed by atoms with Crippen molar-refractivity contribution in [3.63, 3.8) is 0 Å². The third-order valence-electron chi connectivity index (χ3n) is 4.72. The van der Waals surface area contributed by atoms with Crippen LogP contribution in [0, 0.1) is 0 Å². The van der Waals surface area contributed by atoms with Gasteiger partial charge in [-0.1, -0.05) is 30.3 Å². The van der Waals surface area contributed by atoms with Crippen molar-refractivity contribution >= 4 is 34.5 Å². The van der Waals surface area contributed by atoms with Crippen molar-refractivity contribution in [1.29, 1.82) is 0 Å². The molecule has 2 heterocycles. The molecule has 0 radical (unpaired) electrons. The second-order valence-electron chi connectivity index (χ2n) is 6.66. The summed E-state index contributed by atoms with van der Waals surface area (Å²) in [7, 11) is -0.703. The molecule has 0 saturated carbocycles. The van der Waals surface area contributed by atoms with E-state index in [1.54, 1.807) is 18.2 Å². The molecule has 2 aromatic carbocycles. The first-order valence-corrected chi connectivity index (χ1v) is 7.39. The maximum atomic E-state index is 8.40. The molecule has 0 aliphatic carbocycles. The Labute approximate surface area is 134 Å². The van der Waals surface area contributed by atoms with E-state index in [1.807, 2.05) is 27.7 Å². The molecule has 1 fully saturated rings. The molecule has 0 amide bonds. The first-order chi connectivity index (χ1) is 11.6. The number of hydrogen-bond donors (Lipinski definition) is 0. The van der Waals surface area contributed by atoms with E-state index >= 15 is 0 Å². The standard InChI is InChI=1S/C18H19BO3/c1-17(2)18(3,4)22-19(21-17)13-9-7-11-15-16(13)12-8-5-6-10-14(12)20-15/h5-11H,1-4H3/i5D,9D,10D. The molecule has 0 atom stereocenters. The van der Waals surface area contributed by atoms with Crippen molar-refractivity contribution in [3.8, 4) is 0 Å². The summed E-state index contributed by atoms with van der Waals surface area (Å²) in [6, 6.07) is 7.15. The summed E-state index contributed by atoms with van der Waals surface area (Å²) in [6.07, 6.45) is 0. The van der Waals surface area contributed by atoms with Crippen LogP contribution in [0.4, 0.5) is 0 Å². The number of benzene rings is 2. The maximum Gasteiger partial charge on any atom is 0.495 e. The lowest BCUT2D eigenvalue weighted by Crippen LogP contribution is -2.41. The van der Waals surface area contributed by atoms with Gasteiger partial charge in [0, 0.05) is 10.8 Å². The minimum absolute atomic E-state index is 0.157. The van der Waals surface area contributed by atoms with E-state index in [-0.39, 0.29) is 18.1 Å². The highest BCUT2D eigenvalue weighted by Crippen LogP contribution is 2.37. The van der Waals surface area contributed by atoms with Gasteiger partial charge in [-0.05, 0) is 45.3 Å². The van der Waals surface area contributed by atoms with Crippen LogP contribution in [0.5, 0.6) is 0 Å². The van der Waals surface area contributed by atoms with Crippen LogP contribution in [0.25, 0.3) is 21.9 Å². The van der Waals surface area contributed by atoms with Gasteiger partial charge in [-0.15, -0.1) is 0 Å². The first-order valence-electron chi connectivity index (χ1n) is 8.89. The van der Waals surface area contributed by atoms with Crippen molar-refractivity contribution in [1.82, 2.24) is 0 Å². The molecule has 1 aliphatic heterocycles. The monoisotopic (exact) mass is 297 g/mol. The zero-order valence-corrected chi connectivity index (χ0v) is 13.1. The van der Waals surface area contributed by atoms with Gasteiger partial charge in [-0.2, -0.15) is 0 Å². The Balaban J connectivity index is 2.03. The van der Waals surface area contributed by atoms with E-state index in [4.69, 9.17) is 17.8 Å². The summed E-state index contributed by atoms with van der Waals surface area (Å²) in [5.41, 5.74) is 0.518. The van der Waals surface area contributed by atoms with Crippen molar-refractivity contribution < 1.29 is 17.8 Å². The molecule has 0 unspecified atom stereocenters. The number of rotatable bonds is 1. The lowest BCUT2D eigenvalue weighted by Gasteiger charge is -2.32. The van der Waals surface area contributed by atoms with Crippen LogP contribution in [0.3, 0.4) is 0 Å². The van der Waals surface area contributed by atoms with Crippen LogP contribution in [0.15, 0.2) is 46.8 Å². The van der Waals surface area contributed by atoms with Crippen molar-refractivity contribution in [2.75, 3.05) is 0 Å². The van der Waals surface area contributed by atoms with Gasteiger partial charge in [-0.25, -0.2) is 0 Å². The fourth-order valence-electron chi connectivity index (χ4n) is 2.76. The van der Waals surface area contributed by atoms with Gasteiger partial charge in [0.1, 0.15) is 11.2 Å². The second-order valence-corrected chi connectivity index (χ2v) is 6.66. The van der Waals surface area contributed by atoms with Crippen molar-refractivity contribution in [2.24, 2.45) is 0 Å². The summed E-state index contributed by atoms with van der Waals surface area (Å²) in [6.45, 7) is 7.87. The van der Waals surface area contributed by atoms with Gasteiger partial charge in [0.25, 0.3) is 0 Å². The van der Waals surface area contributed by atoms with Gasteiger partial charge in [0.05, 0.1) is 15.3 Å². The molecule has 112 valence electrons. The maximum absolute atomic E-state index is 8.40. The zero-order valence-electron chi connectivity index (χ0n) is 16.1. The molecule has 1 saturated heterocycles. The molecule has 3 nitrogen and oxygen atoms in total. The van der Waals surface area contributed by atoms with Gasteiger partial charge >= 0.3 is 7.12 Å². The SMILES string of the molecule is [2H]c1cc([2H])c2oc3ccc([2H])c(B4OC(C)(C)C(C)(C)O4)c3c2c1. The molecule has 1 aromatic heterocycles. The van der Waals surface area contributed by atoms with E-state index in [0.29, 0.717) is 27.4 Å². The van der Waals surface area contributed by atoms with Crippen molar-refractivity contribution in [3.05, 3.63) is 42.4 Å². The summed E-state index contributed by atoms with van der Waals surface area (Å²) in [4.78, 5) is 0. The highest BCUT2D eigenvalue weighted by molar-refractivity contribution is 6.66. The average Bonchev–Trinajstić information content (AvgIpc) is 2.94. The smallest absolute Gasteiger partial charge is 0.456 e. The molecule has 1 aliphatic rings. The third-order valence-corrected chi connectivity index (χ3v) is 4.72. The first kappa shape index (κ1) is 10.9. The van der Waals surface area contributed by atoms with Crippen molar-refractivity contribution in [2.45, 2.75) is 38.9 Å². The number of hydrogen-bond acceptors (Lipinski definition) is 3. The summed E-state index contributed by atoms with van der Waals surface area (Å²) >= 11 is 0. The molecule has 4 heteroatoms. The van der Waals surface area contributed by atoms with E-state index in [1.165, 1.54) is 6.07 Å². The Morgan fingerprint density at radius 3 is 2.41 bits per heavy atom. The topological polar surface area (TPSA) is 31.6 Å². The van der Waals surface area contributed by atoms with E-state index in [0.717, 1.165) is 0 Å². The second kappa shape index (κ2) is 4.37. The molecule has 3 aromatic rings. The van der Waals surface area contributed by atoms with Crippen LogP contribution in [-0.4, -0.2) is 18.3 Å². The molecule has 0 spiro atoms. The Morgan fingerprint density at radius 1 is 0.955 bits per heavy atom. The summed E-state index contributed by atoms with van der Waals surface area (Å²) in [5, 5.41) is 1.33.